The Bertz CT molecular complexity index is 920. The number of aromatic nitrogens is 2. The van der Waals surface area contributed by atoms with Crippen molar-refractivity contribution in [2.45, 2.75) is 0 Å². The summed E-state index contributed by atoms with van der Waals surface area (Å²) in [6.45, 7) is 2.88. The standard InChI is InChI=1S/C22H26N4O2S/c1-25(14-15-28-2)13-12-23-21(27)11-10-18-17-26(19-7-4-3-5-8-19)24-22(18)20-9-6-16-29-20/h3-11,16-17H,12-15H2,1-2H3,(H,23,27). The van der Waals surface area contributed by atoms with Crippen LogP contribution >= 0.6 is 11.3 Å². The van der Waals surface area contributed by atoms with Gasteiger partial charge in [0.05, 0.1) is 17.2 Å². The van der Waals surface area contributed by atoms with Crippen LogP contribution in [0.15, 0.2) is 60.1 Å². The molecule has 0 aliphatic rings. The molecule has 0 saturated heterocycles. The predicted molar refractivity (Wildman–Crippen MR) is 118 cm³/mol. The van der Waals surface area contributed by atoms with E-state index in [4.69, 9.17) is 9.84 Å². The fourth-order valence-electron chi connectivity index (χ4n) is 2.78. The number of nitrogens with one attached hydrogen (secondary N) is 1. The topological polar surface area (TPSA) is 59.4 Å². The molecule has 6 nitrogen and oxygen atoms in total. The molecule has 0 spiro atoms. The minimum absolute atomic E-state index is 0.116. The summed E-state index contributed by atoms with van der Waals surface area (Å²) in [6.07, 6.45) is 5.34. The van der Waals surface area contributed by atoms with Crippen molar-refractivity contribution in [1.29, 1.82) is 0 Å². The third-order valence-electron chi connectivity index (χ3n) is 4.40. The van der Waals surface area contributed by atoms with E-state index in [0.717, 1.165) is 34.9 Å². The monoisotopic (exact) mass is 410 g/mol. The first-order valence-electron chi connectivity index (χ1n) is 9.49. The van der Waals surface area contributed by atoms with Crippen LogP contribution < -0.4 is 5.32 Å². The number of para-hydroxylation sites is 1. The van der Waals surface area contributed by atoms with E-state index in [9.17, 15) is 4.79 Å². The fourth-order valence-corrected chi connectivity index (χ4v) is 3.51. The molecule has 0 atom stereocenters. The van der Waals surface area contributed by atoms with Gasteiger partial charge < -0.3 is 15.0 Å². The van der Waals surface area contributed by atoms with E-state index >= 15 is 0 Å². The quantitative estimate of drug-likeness (QED) is 0.521. The molecule has 2 heterocycles. The van der Waals surface area contributed by atoms with Gasteiger partial charge in [-0.05, 0) is 36.7 Å². The predicted octanol–water partition coefficient (Wildman–Crippen LogP) is 3.31. The van der Waals surface area contributed by atoms with Crippen molar-refractivity contribution in [2.24, 2.45) is 0 Å². The molecule has 1 amide bonds. The van der Waals surface area contributed by atoms with Crippen LogP contribution in [0.1, 0.15) is 5.56 Å². The Morgan fingerprint density at radius 3 is 2.79 bits per heavy atom. The highest BCUT2D eigenvalue weighted by atomic mass is 32.1. The average Bonchev–Trinajstić information content (AvgIpc) is 3.41. The molecule has 0 saturated carbocycles. The first kappa shape index (κ1) is 21.0. The minimum atomic E-state index is -0.116. The van der Waals surface area contributed by atoms with Crippen molar-refractivity contribution in [3.05, 3.63) is 65.7 Å². The van der Waals surface area contributed by atoms with Gasteiger partial charge in [0, 0.05) is 44.6 Å². The number of hydrogen-bond donors (Lipinski definition) is 1. The number of thiophene rings is 1. The van der Waals surface area contributed by atoms with E-state index in [1.807, 2.05) is 71.8 Å². The first-order valence-corrected chi connectivity index (χ1v) is 10.4. The van der Waals surface area contributed by atoms with Gasteiger partial charge in [0.2, 0.25) is 5.91 Å². The molecule has 0 aliphatic heterocycles. The summed E-state index contributed by atoms with van der Waals surface area (Å²) in [6, 6.07) is 14.0. The van der Waals surface area contributed by atoms with Crippen molar-refractivity contribution in [1.82, 2.24) is 20.0 Å². The van der Waals surface area contributed by atoms with Crippen LogP contribution in [-0.2, 0) is 9.53 Å². The number of ether oxygens (including phenoxy) is 1. The molecule has 0 unspecified atom stereocenters. The molecular formula is C22H26N4O2S. The number of likely N-dealkylation sites (N-methyl/N-ethyl adjacent to an activating group) is 1. The molecule has 0 bridgehead atoms. The summed E-state index contributed by atoms with van der Waals surface area (Å²) in [4.78, 5) is 15.4. The van der Waals surface area contributed by atoms with Gasteiger partial charge in [0.1, 0.15) is 5.69 Å². The number of hydrogen-bond acceptors (Lipinski definition) is 5. The highest BCUT2D eigenvalue weighted by molar-refractivity contribution is 7.13. The van der Waals surface area contributed by atoms with Crippen LogP contribution in [0.5, 0.6) is 0 Å². The van der Waals surface area contributed by atoms with Crippen LogP contribution in [0.4, 0.5) is 0 Å². The lowest BCUT2D eigenvalue weighted by Crippen LogP contribution is -2.33. The van der Waals surface area contributed by atoms with Crippen molar-refractivity contribution in [3.63, 3.8) is 0 Å². The Labute approximate surface area is 175 Å². The van der Waals surface area contributed by atoms with E-state index in [0.29, 0.717) is 13.2 Å². The van der Waals surface area contributed by atoms with Gasteiger partial charge in [0.15, 0.2) is 0 Å². The summed E-state index contributed by atoms with van der Waals surface area (Å²) >= 11 is 1.63. The van der Waals surface area contributed by atoms with Crippen molar-refractivity contribution in [2.75, 3.05) is 40.4 Å². The van der Waals surface area contributed by atoms with Gasteiger partial charge in [-0.15, -0.1) is 11.3 Å². The van der Waals surface area contributed by atoms with Gasteiger partial charge in [-0.25, -0.2) is 4.68 Å². The molecule has 0 fully saturated rings. The SMILES string of the molecule is COCCN(C)CCNC(=O)C=Cc1cn(-c2ccccc2)nc1-c1cccs1. The molecule has 0 radical (unpaired) electrons. The first-order chi connectivity index (χ1) is 14.2. The molecule has 1 N–H and O–H groups in total. The Balaban J connectivity index is 1.67. The molecule has 29 heavy (non-hydrogen) atoms. The summed E-state index contributed by atoms with van der Waals surface area (Å²) in [5.74, 6) is -0.116. The Kier molecular flexibility index (Phi) is 7.75. The lowest BCUT2D eigenvalue weighted by atomic mass is 10.2. The summed E-state index contributed by atoms with van der Waals surface area (Å²) < 4.78 is 6.90. The van der Waals surface area contributed by atoms with Crippen LogP contribution in [-0.4, -0.2) is 61.0 Å². The van der Waals surface area contributed by atoms with Gasteiger partial charge in [-0.2, -0.15) is 5.10 Å². The smallest absolute Gasteiger partial charge is 0.244 e. The van der Waals surface area contributed by atoms with Crippen LogP contribution in [0, 0.1) is 0 Å². The number of benzene rings is 1. The molecule has 2 aromatic heterocycles. The lowest BCUT2D eigenvalue weighted by molar-refractivity contribution is -0.116. The zero-order valence-corrected chi connectivity index (χ0v) is 17.6. The second kappa shape index (κ2) is 10.7. The Hall–Kier alpha value is -2.74. The van der Waals surface area contributed by atoms with Gasteiger partial charge in [-0.1, -0.05) is 24.3 Å². The van der Waals surface area contributed by atoms with Gasteiger partial charge in [-0.3, -0.25) is 4.79 Å². The Morgan fingerprint density at radius 1 is 1.24 bits per heavy atom. The third-order valence-corrected chi connectivity index (χ3v) is 5.28. The third kappa shape index (κ3) is 6.12. The van der Waals surface area contributed by atoms with Gasteiger partial charge in [0.25, 0.3) is 0 Å². The Morgan fingerprint density at radius 2 is 2.07 bits per heavy atom. The second-order valence-corrected chi connectivity index (χ2v) is 7.56. The highest BCUT2D eigenvalue weighted by Crippen LogP contribution is 2.28. The van der Waals surface area contributed by atoms with E-state index in [-0.39, 0.29) is 5.91 Å². The van der Waals surface area contributed by atoms with Crippen molar-refractivity contribution in [3.8, 4) is 16.3 Å². The minimum Gasteiger partial charge on any atom is -0.383 e. The second-order valence-electron chi connectivity index (χ2n) is 6.61. The van der Waals surface area contributed by atoms with Crippen LogP contribution in [0.2, 0.25) is 0 Å². The molecule has 3 aromatic rings. The van der Waals surface area contributed by atoms with Crippen molar-refractivity contribution < 1.29 is 9.53 Å². The molecular weight excluding hydrogens is 384 g/mol. The maximum absolute atomic E-state index is 12.2. The van der Waals surface area contributed by atoms with Crippen LogP contribution in [0.3, 0.4) is 0 Å². The average molecular weight is 411 g/mol. The van der Waals surface area contributed by atoms with Crippen LogP contribution in [0.25, 0.3) is 22.3 Å². The molecule has 3 rings (SSSR count). The van der Waals surface area contributed by atoms with E-state index in [2.05, 4.69) is 10.2 Å². The number of carbonyl (C=O) groups is 1. The van der Waals surface area contributed by atoms with E-state index in [1.165, 1.54) is 0 Å². The van der Waals surface area contributed by atoms with E-state index in [1.54, 1.807) is 24.5 Å². The fraction of sp³-hybridized carbons (Fsp3) is 0.273. The maximum atomic E-state index is 12.2. The summed E-state index contributed by atoms with van der Waals surface area (Å²) in [7, 11) is 3.69. The summed E-state index contributed by atoms with van der Waals surface area (Å²) in [5.41, 5.74) is 2.75. The highest BCUT2D eigenvalue weighted by Gasteiger charge is 2.11. The number of methoxy groups -OCH3 is 1. The zero-order chi connectivity index (χ0) is 20.5. The normalized spacial score (nSPS) is 11.4. The maximum Gasteiger partial charge on any atom is 0.244 e. The number of carbonyl (C=O) groups excluding carboxylic acids is 1. The molecule has 1 aromatic carbocycles. The largest absolute Gasteiger partial charge is 0.383 e. The molecule has 0 aliphatic carbocycles. The summed E-state index contributed by atoms with van der Waals surface area (Å²) in [5, 5.41) is 9.69. The lowest BCUT2D eigenvalue weighted by Gasteiger charge is -2.15. The number of nitrogens with zero attached hydrogens (tertiary/aromatic N) is 3. The van der Waals surface area contributed by atoms with Gasteiger partial charge >= 0.3 is 0 Å². The zero-order valence-electron chi connectivity index (χ0n) is 16.7. The van der Waals surface area contributed by atoms with E-state index < -0.39 is 0 Å². The number of amides is 1. The molecule has 152 valence electrons. The van der Waals surface area contributed by atoms with Crippen molar-refractivity contribution >= 4 is 23.3 Å². The number of rotatable bonds is 10. The molecule has 7 heteroatoms.